The molecule has 0 aromatic carbocycles. The van der Waals surface area contributed by atoms with Gasteiger partial charge in [-0.15, -0.1) is 0 Å². The molecule has 3 rings (SSSR count). The third-order valence-electron chi connectivity index (χ3n) is 3.33. The minimum absolute atomic E-state index is 0.315. The van der Waals surface area contributed by atoms with Crippen LogP contribution in [-0.4, -0.2) is 42.8 Å². The van der Waals surface area contributed by atoms with Gasteiger partial charge in [0.05, 0.1) is 26.5 Å². The van der Waals surface area contributed by atoms with Crippen molar-refractivity contribution >= 4 is 22.3 Å². The first-order chi connectivity index (χ1) is 10.2. The van der Waals surface area contributed by atoms with Crippen molar-refractivity contribution in [2.45, 2.75) is 13.0 Å². The Hall–Kier alpha value is -2.09. The third kappa shape index (κ3) is 2.71. The van der Waals surface area contributed by atoms with Gasteiger partial charge in [0.2, 0.25) is 5.88 Å². The van der Waals surface area contributed by atoms with Crippen LogP contribution in [0.1, 0.15) is 10.6 Å². The predicted molar refractivity (Wildman–Crippen MR) is 81.6 cm³/mol. The van der Waals surface area contributed by atoms with Crippen LogP contribution in [0.5, 0.6) is 11.9 Å². The molecule has 21 heavy (non-hydrogen) atoms. The van der Waals surface area contributed by atoms with E-state index in [1.807, 2.05) is 13.1 Å². The monoisotopic (exact) mass is 307 g/mol. The number of nitrogens with zero attached hydrogens (tertiary/aromatic N) is 4. The SMILES string of the molecule is CNc1nc2c(s1)CN(c1cc(OC)nc(OC)n1)CC2. The predicted octanol–water partition coefficient (Wildman–Crippen LogP) is 1.55. The van der Waals surface area contributed by atoms with Crippen LogP contribution in [-0.2, 0) is 13.0 Å². The maximum absolute atomic E-state index is 5.20. The summed E-state index contributed by atoms with van der Waals surface area (Å²) in [5, 5.41) is 4.06. The maximum Gasteiger partial charge on any atom is 0.321 e. The smallest absolute Gasteiger partial charge is 0.321 e. The number of nitrogens with one attached hydrogen (secondary N) is 1. The maximum atomic E-state index is 5.20. The van der Waals surface area contributed by atoms with Gasteiger partial charge < -0.3 is 19.7 Å². The summed E-state index contributed by atoms with van der Waals surface area (Å²) in [5.41, 5.74) is 1.17. The number of rotatable bonds is 4. The van der Waals surface area contributed by atoms with Crippen LogP contribution >= 0.6 is 11.3 Å². The van der Waals surface area contributed by atoms with Gasteiger partial charge in [-0.25, -0.2) is 4.98 Å². The molecule has 2 aromatic heterocycles. The van der Waals surface area contributed by atoms with E-state index in [2.05, 4.69) is 25.2 Å². The van der Waals surface area contributed by atoms with Crippen LogP contribution in [0.25, 0.3) is 0 Å². The van der Waals surface area contributed by atoms with E-state index in [1.54, 1.807) is 25.6 Å². The molecule has 1 N–H and O–H groups in total. The molecular formula is C13H17N5O2S. The van der Waals surface area contributed by atoms with E-state index >= 15 is 0 Å². The van der Waals surface area contributed by atoms with Crippen LogP contribution in [0.2, 0.25) is 0 Å². The van der Waals surface area contributed by atoms with Crippen LogP contribution in [0.15, 0.2) is 6.07 Å². The summed E-state index contributed by atoms with van der Waals surface area (Å²) >= 11 is 1.68. The van der Waals surface area contributed by atoms with Crippen molar-refractivity contribution in [1.29, 1.82) is 0 Å². The Morgan fingerprint density at radius 1 is 1.24 bits per heavy atom. The summed E-state index contributed by atoms with van der Waals surface area (Å²) in [5.74, 6) is 1.31. The normalized spacial score (nSPS) is 13.8. The van der Waals surface area contributed by atoms with Gasteiger partial charge in [0.25, 0.3) is 0 Å². The summed E-state index contributed by atoms with van der Waals surface area (Å²) < 4.78 is 10.3. The molecule has 1 aliphatic heterocycles. The Morgan fingerprint density at radius 3 is 2.81 bits per heavy atom. The molecule has 3 heterocycles. The van der Waals surface area contributed by atoms with Crippen molar-refractivity contribution in [2.75, 3.05) is 38.0 Å². The van der Waals surface area contributed by atoms with Gasteiger partial charge in [0.1, 0.15) is 5.82 Å². The van der Waals surface area contributed by atoms with Crippen LogP contribution in [0.3, 0.4) is 0 Å². The van der Waals surface area contributed by atoms with E-state index in [0.717, 1.165) is 30.5 Å². The highest BCUT2D eigenvalue weighted by atomic mass is 32.1. The number of fused-ring (bicyclic) bond motifs is 1. The first-order valence-electron chi connectivity index (χ1n) is 6.62. The highest BCUT2D eigenvalue weighted by molar-refractivity contribution is 7.15. The standard InChI is InChI=1S/C13H17N5O2S/c1-14-13-15-8-4-5-18(7-9(8)21-13)10-6-11(19-2)17-12(16-10)20-3/h6H,4-5,7H2,1-3H3,(H,14,15). The molecule has 7 nitrogen and oxygen atoms in total. The van der Waals surface area contributed by atoms with Crippen LogP contribution in [0, 0.1) is 0 Å². The summed E-state index contributed by atoms with van der Waals surface area (Å²) in [6.45, 7) is 1.65. The van der Waals surface area contributed by atoms with Crippen molar-refractivity contribution in [1.82, 2.24) is 15.0 Å². The molecule has 0 atom stereocenters. The van der Waals surface area contributed by atoms with Gasteiger partial charge in [0, 0.05) is 31.0 Å². The van der Waals surface area contributed by atoms with Crippen LogP contribution in [0.4, 0.5) is 10.9 Å². The van der Waals surface area contributed by atoms with E-state index in [0.29, 0.717) is 11.9 Å². The van der Waals surface area contributed by atoms with Crippen molar-refractivity contribution < 1.29 is 9.47 Å². The molecule has 0 spiro atoms. The number of methoxy groups -OCH3 is 2. The largest absolute Gasteiger partial charge is 0.481 e. The number of ether oxygens (including phenoxy) is 2. The fraction of sp³-hybridized carbons (Fsp3) is 0.462. The van der Waals surface area contributed by atoms with Crippen LogP contribution < -0.4 is 19.7 Å². The molecule has 1 aliphatic rings. The molecule has 0 bridgehead atoms. The van der Waals surface area contributed by atoms with E-state index < -0.39 is 0 Å². The minimum atomic E-state index is 0.315. The number of hydrogen-bond acceptors (Lipinski definition) is 8. The third-order valence-corrected chi connectivity index (χ3v) is 4.43. The van der Waals surface area contributed by atoms with Gasteiger partial charge in [-0.2, -0.15) is 9.97 Å². The lowest BCUT2D eigenvalue weighted by molar-refractivity contribution is 0.352. The Labute approximate surface area is 127 Å². The Morgan fingerprint density at radius 2 is 2.10 bits per heavy atom. The zero-order valence-corrected chi connectivity index (χ0v) is 13.0. The lowest BCUT2D eigenvalue weighted by atomic mass is 10.2. The van der Waals surface area contributed by atoms with Crippen molar-refractivity contribution in [3.63, 3.8) is 0 Å². The van der Waals surface area contributed by atoms with Gasteiger partial charge >= 0.3 is 6.01 Å². The molecule has 112 valence electrons. The number of hydrogen-bond donors (Lipinski definition) is 1. The fourth-order valence-corrected chi connectivity index (χ4v) is 3.23. The molecule has 0 unspecified atom stereocenters. The van der Waals surface area contributed by atoms with Crippen molar-refractivity contribution in [3.8, 4) is 11.9 Å². The van der Waals surface area contributed by atoms with Crippen molar-refractivity contribution in [3.05, 3.63) is 16.6 Å². The highest BCUT2D eigenvalue weighted by Crippen LogP contribution is 2.31. The quantitative estimate of drug-likeness (QED) is 0.918. The van der Waals surface area contributed by atoms with E-state index in [9.17, 15) is 0 Å². The molecule has 0 amide bonds. The summed E-state index contributed by atoms with van der Waals surface area (Å²) in [7, 11) is 5.03. The lowest BCUT2D eigenvalue weighted by Crippen LogP contribution is -2.30. The second-order valence-electron chi connectivity index (χ2n) is 4.57. The molecule has 0 saturated carbocycles. The Bertz CT molecular complexity index is 623. The van der Waals surface area contributed by atoms with Crippen molar-refractivity contribution in [2.24, 2.45) is 0 Å². The number of thiazole rings is 1. The summed E-state index contributed by atoms with van der Waals surface area (Å²) in [4.78, 5) is 16.5. The summed E-state index contributed by atoms with van der Waals surface area (Å²) in [6.07, 6.45) is 0.905. The van der Waals surface area contributed by atoms with E-state index in [4.69, 9.17) is 9.47 Å². The number of aromatic nitrogens is 3. The van der Waals surface area contributed by atoms with Gasteiger partial charge in [-0.05, 0) is 0 Å². The van der Waals surface area contributed by atoms with Gasteiger partial charge in [-0.3, -0.25) is 0 Å². The second kappa shape index (κ2) is 5.72. The minimum Gasteiger partial charge on any atom is -0.481 e. The van der Waals surface area contributed by atoms with Gasteiger partial charge in [-0.1, -0.05) is 11.3 Å². The topological polar surface area (TPSA) is 72.4 Å². The van der Waals surface area contributed by atoms with E-state index in [-0.39, 0.29) is 0 Å². The molecule has 2 aromatic rings. The molecule has 8 heteroatoms. The average molecular weight is 307 g/mol. The molecular weight excluding hydrogens is 290 g/mol. The first kappa shape index (κ1) is 13.9. The molecule has 0 aliphatic carbocycles. The number of anilines is 2. The molecule has 0 radical (unpaired) electrons. The second-order valence-corrected chi connectivity index (χ2v) is 5.65. The zero-order chi connectivity index (χ0) is 14.8. The Balaban J connectivity index is 1.88. The lowest BCUT2D eigenvalue weighted by Gasteiger charge is -2.27. The average Bonchev–Trinajstić information content (AvgIpc) is 2.96. The fourth-order valence-electron chi connectivity index (χ4n) is 2.25. The molecule has 0 fully saturated rings. The molecule has 0 saturated heterocycles. The Kier molecular flexibility index (Phi) is 3.78. The zero-order valence-electron chi connectivity index (χ0n) is 12.2. The highest BCUT2D eigenvalue weighted by Gasteiger charge is 2.22. The summed E-state index contributed by atoms with van der Waals surface area (Å²) in [6, 6.07) is 2.14. The van der Waals surface area contributed by atoms with E-state index in [1.165, 1.54) is 10.6 Å². The first-order valence-corrected chi connectivity index (χ1v) is 7.43. The van der Waals surface area contributed by atoms with Gasteiger partial charge in [0.15, 0.2) is 5.13 Å².